The Morgan fingerprint density at radius 2 is 1.83 bits per heavy atom. The molecule has 0 spiro atoms. The van der Waals surface area contributed by atoms with E-state index < -0.39 is 18.6 Å². The Morgan fingerprint density at radius 3 is 2.46 bits per heavy atom. The maximum absolute atomic E-state index is 13.2. The zero-order valence-electron chi connectivity index (χ0n) is 23.1. The lowest BCUT2D eigenvalue weighted by atomic mass is 9.89. The van der Waals surface area contributed by atoms with Crippen molar-refractivity contribution < 1.29 is 32.7 Å². The van der Waals surface area contributed by atoms with E-state index in [0.717, 1.165) is 48.8 Å². The molecular formula is C30H35F3N4O4. The Morgan fingerprint density at radius 1 is 1.15 bits per heavy atom. The summed E-state index contributed by atoms with van der Waals surface area (Å²) in [5, 5.41) is 13.2. The summed E-state index contributed by atoms with van der Waals surface area (Å²) in [7, 11) is 0. The monoisotopic (exact) mass is 572 g/mol. The summed E-state index contributed by atoms with van der Waals surface area (Å²) in [4.78, 5) is 41.2. The van der Waals surface area contributed by atoms with Crippen LogP contribution in [0.25, 0.3) is 6.08 Å². The summed E-state index contributed by atoms with van der Waals surface area (Å²) < 4.78 is 31.2. The molecule has 0 fully saturated rings. The number of aryl methyl sites for hydroxylation is 1. The number of fused-ring (bicyclic) bond motifs is 2. The quantitative estimate of drug-likeness (QED) is 0.379. The predicted octanol–water partition coefficient (Wildman–Crippen LogP) is 5.48. The van der Waals surface area contributed by atoms with Gasteiger partial charge in [-0.1, -0.05) is 26.0 Å². The van der Waals surface area contributed by atoms with Crippen LogP contribution in [0.15, 0.2) is 47.0 Å². The second-order valence-electron chi connectivity index (χ2n) is 9.95. The predicted molar refractivity (Wildman–Crippen MR) is 152 cm³/mol. The maximum Gasteiger partial charge on any atom is 0.446 e. The second kappa shape index (κ2) is 14.1. The SMILES string of the molecule is CCCN(CCC)C(=O)C1=Cc2ccc(C(=O)Nc3ccc4c(c3)C(O)CCC4)cc2N=C(N)C1.O=CC(F)(F)F. The molecule has 1 aliphatic carbocycles. The number of amides is 2. The molecule has 0 radical (unpaired) electrons. The van der Waals surface area contributed by atoms with Crippen LogP contribution in [-0.2, 0) is 16.0 Å². The smallest absolute Gasteiger partial charge is 0.388 e. The van der Waals surface area contributed by atoms with Gasteiger partial charge in [0.2, 0.25) is 12.2 Å². The fraction of sp³-hybridized carbons (Fsp3) is 0.400. The lowest BCUT2D eigenvalue weighted by Crippen LogP contribution is -2.34. The Kier molecular flexibility index (Phi) is 10.8. The molecule has 0 saturated carbocycles. The number of nitrogens with one attached hydrogen (secondary N) is 1. The summed E-state index contributed by atoms with van der Waals surface area (Å²) in [6.07, 6.45) is 0.348. The second-order valence-corrected chi connectivity index (χ2v) is 9.95. The van der Waals surface area contributed by atoms with E-state index in [9.17, 15) is 27.9 Å². The fourth-order valence-electron chi connectivity index (χ4n) is 4.78. The molecule has 1 atom stereocenters. The number of amidine groups is 1. The topological polar surface area (TPSA) is 125 Å². The molecule has 8 nitrogen and oxygen atoms in total. The number of nitrogens with two attached hydrogens (primary N) is 1. The van der Waals surface area contributed by atoms with Gasteiger partial charge in [0.25, 0.3) is 5.91 Å². The normalized spacial score (nSPS) is 16.0. The Hall–Kier alpha value is -3.99. The largest absolute Gasteiger partial charge is 0.446 e. The van der Waals surface area contributed by atoms with Crippen LogP contribution in [0.4, 0.5) is 24.5 Å². The number of hydrogen-bond acceptors (Lipinski definition) is 6. The fourth-order valence-corrected chi connectivity index (χ4v) is 4.78. The number of aliphatic hydroxyl groups is 1. The van der Waals surface area contributed by atoms with Crippen LogP contribution in [-0.4, -0.2) is 53.2 Å². The Bertz CT molecular complexity index is 1330. The van der Waals surface area contributed by atoms with Gasteiger partial charge in [-0.15, -0.1) is 0 Å². The van der Waals surface area contributed by atoms with Gasteiger partial charge >= 0.3 is 6.18 Å². The average Bonchev–Trinajstić information content (AvgIpc) is 3.10. The van der Waals surface area contributed by atoms with Crippen molar-refractivity contribution in [3.8, 4) is 0 Å². The highest BCUT2D eigenvalue weighted by Crippen LogP contribution is 2.32. The molecule has 1 aliphatic heterocycles. The Balaban J connectivity index is 0.000000696. The van der Waals surface area contributed by atoms with E-state index in [2.05, 4.69) is 24.2 Å². The third-order valence-corrected chi connectivity index (χ3v) is 6.63. The summed E-state index contributed by atoms with van der Waals surface area (Å²) >= 11 is 0. The summed E-state index contributed by atoms with van der Waals surface area (Å²) in [5.41, 5.74) is 11.2. The van der Waals surface area contributed by atoms with Gasteiger partial charge in [0.05, 0.1) is 11.8 Å². The third-order valence-electron chi connectivity index (χ3n) is 6.63. The number of carbonyl (C=O) groups is 3. The van der Waals surface area contributed by atoms with Crippen molar-refractivity contribution in [1.29, 1.82) is 0 Å². The number of nitrogens with zero attached hydrogens (tertiary/aromatic N) is 2. The van der Waals surface area contributed by atoms with Gasteiger partial charge in [0.15, 0.2) is 0 Å². The van der Waals surface area contributed by atoms with Crippen molar-refractivity contribution in [3.63, 3.8) is 0 Å². The third kappa shape index (κ3) is 8.75. The molecule has 11 heteroatoms. The molecule has 2 aromatic carbocycles. The first-order valence-corrected chi connectivity index (χ1v) is 13.6. The number of rotatable bonds is 7. The van der Waals surface area contributed by atoms with E-state index in [1.54, 1.807) is 18.2 Å². The number of anilines is 1. The molecule has 0 saturated heterocycles. The highest BCUT2D eigenvalue weighted by Gasteiger charge is 2.25. The molecule has 0 aromatic heterocycles. The van der Waals surface area contributed by atoms with Crippen LogP contribution in [0.1, 0.15) is 79.1 Å². The number of aliphatic imine (C=N–C) groups is 1. The minimum absolute atomic E-state index is 0.0175. The molecule has 1 unspecified atom stereocenters. The Labute approximate surface area is 237 Å². The van der Waals surface area contributed by atoms with Crippen molar-refractivity contribution in [2.24, 2.45) is 10.7 Å². The highest BCUT2D eigenvalue weighted by molar-refractivity contribution is 6.08. The molecule has 2 aliphatic rings. The number of carbonyl (C=O) groups excluding carboxylic acids is 3. The lowest BCUT2D eigenvalue weighted by molar-refractivity contribution is -0.156. The number of alkyl halides is 3. The molecule has 0 bridgehead atoms. The van der Waals surface area contributed by atoms with Gasteiger partial charge in [-0.3, -0.25) is 14.4 Å². The van der Waals surface area contributed by atoms with E-state index in [1.807, 2.05) is 29.2 Å². The average molecular weight is 573 g/mol. The zero-order chi connectivity index (χ0) is 30.2. The lowest BCUT2D eigenvalue weighted by Gasteiger charge is -2.22. The molecule has 41 heavy (non-hydrogen) atoms. The summed E-state index contributed by atoms with van der Waals surface area (Å²) in [6.45, 7) is 5.52. The maximum atomic E-state index is 13.2. The van der Waals surface area contributed by atoms with Gasteiger partial charge in [0.1, 0.15) is 5.84 Å². The minimum atomic E-state index is -4.64. The van der Waals surface area contributed by atoms with Crippen LogP contribution < -0.4 is 11.1 Å². The first kappa shape index (κ1) is 31.5. The number of aliphatic hydroxyl groups excluding tert-OH is 1. The number of aldehydes is 1. The summed E-state index contributed by atoms with van der Waals surface area (Å²) in [6, 6.07) is 10.9. The van der Waals surface area contributed by atoms with Crippen molar-refractivity contribution in [2.45, 2.75) is 64.7 Å². The van der Waals surface area contributed by atoms with Crippen molar-refractivity contribution in [3.05, 3.63) is 64.2 Å². The van der Waals surface area contributed by atoms with Gasteiger partial charge in [-0.2, -0.15) is 13.2 Å². The van der Waals surface area contributed by atoms with Crippen LogP contribution in [0, 0.1) is 0 Å². The minimum Gasteiger partial charge on any atom is -0.388 e. The van der Waals surface area contributed by atoms with E-state index in [4.69, 9.17) is 10.5 Å². The zero-order valence-corrected chi connectivity index (χ0v) is 23.1. The van der Waals surface area contributed by atoms with E-state index >= 15 is 0 Å². The molecular weight excluding hydrogens is 537 g/mol. The van der Waals surface area contributed by atoms with Crippen LogP contribution in [0.2, 0.25) is 0 Å². The van der Waals surface area contributed by atoms with Crippen LogP contribution in [0.3, 0.4) is 0 Å². The standard InChI is InChI=1S/C28H34N4O3.C2HF3O/c1-3-12-32(13-4-2)28(35)21-14-19-8-9-20(15-24(19)31-26(29)16-21)27(34)30-22-11-10-18-6-5-7-25(33)23(18)17-22;3-2(4,5)1-6/h8-11,14-15,17,25,33H,3-7,12-13,16H2,1-2H3,(H2,29,31)(H,30,34);1H. The summed E-state index contributed by atoms with van der Waals surface area (Å²) in [5.74, 6) is 0.0575. The number of halogens is 3. The molecule has 2 amide bonds. The van der Waals surface area contributed by atoms with Crippen molar-refractivity contribution in [1.82, 2.24) is 4.90 Å². The highest BCUT2D eigenvalue weighted by atomic mass is 19.4. The van der Waals surface area contributed by atoms with E-state index in [0.29, 0.717) is 41.4 Å². The van der Waals surface area contributed by atoms with Gasteiger partial charge in [-0.25, -0.2) is 4.99 Å². The van der Waals surface area contributed by atoms with Crippen LogP contribution in [0.5, 0.6) is 0 Å². The number of benzene rings is 2. The van der Waals surface area contributed by atoms with Crippen molar-refractivity contribution >= 4 is 41.4 Å². The molecule has 4 N–H and O–H groups in total. The molecule has 4 rings (SSSR count). The van der Waals surface area contributed by atoms with Crippen molar-refractivity contribution in [2.75, 3.05) is 18.4 Å². The van der Waals surface area contributed by atoms with E-state index in [1.165, 1.54) is 0 Å². The molecule has 220 valence electrons. The van der Waals surface area contributed by atoms with Gasteiger partial charge < -0.3 is 21.1 Å². The van der Waals surface area contributed by atoms with Gasteiger partial charge in [-0.05, 0) is 73.6 Å². The van der Waals surface area contributed by atoms with Crippen LogP contribution >= 0.6 is 0 Å². The molecule has 2 aromatic rings. The van der Waals surface area contributed by atoms with E-state index in [-0.39, 0.29) is 18.2 Å². The molecule has 1 heterocycles. The first-order valence-electron chi connectivity index (χ1n) is 13.6. The van der Waals surface area contributed by atoms with Gasteiger partial charge in [0, 0.05) is 41.9 Å². The number of hydrogen-bond donors (Lipinski definition) is 3. The first-order chi connectivity index (χ1) is 19.4.